The van der Waals surface area contributed by atoms with Crippen molar-refractivity contribution in [3.63, 3.8) is 0 Å². The Bertz CT molecular complexity index is 728. The maximum Gasteiger partial charge on any atom is 0.460 e. The van der Waals surface area contributed by atoms with Gasteiger partial charge in [-0.1, -0.05) is 60.2 Å². The predicted molar refractivity (Wildman–Crippen MR) is 81.9 cm³/mol. The summed E-state index contributed by atoms with van der Waals surface area (Å²) in [5.41, 5.74) is -0.102. The first kappa shape index (κ1) is 16.5. The Kier molecular flexibility index (Phi) is 4.09. The maximum absolute atomic E-state index is 13.2. The molecule has 6 heteroatoms. The molecule has 0 spiro atoms. The summed E-state index contributed by atoms with van der Waals surface area (Å²) in [4.78, 5) is 11.9. The molecule has 0 amide bonds. The van der Waals surface area contributed by atoms with Crippen LogP contribution in [0.4, 0.5) is 13.2 Å². The number of carbonyl (C=O) groups is 1. The zero-order chi connectivity index (χ0) is 17.4. The fourth-order valence-corrected chi connectivity index (χ4v) is 3.10. The molecular weight excluding hydrogens is 319 g/mol. The van der Waals surface area contributed by atoms with E-state index in [1.165, 1.54) is 12.1 Å². The number of benzene rings is 2. The molecule has 3 nitrogen and oxygen atoms in total. The minimum atomic E-state index is -4.70. The van der Waals surface area contributed by atoms with Gasteiger partial charge >= 0.3 is 12.3 Å². The second-order valence-corrected chi connectivity index (χ2v) is 5.87. The Morgan fingerprint density at radius 1 is 1.08 bits per heavy atom. The Morgan fingerprint density at radius 3 is 2.29 bits per heavy atom. The van der Waals surface area contributed by atoms with E-state index in [1.54, 1.807) is 35.6 Å². The zero-order valence-electron chi connectivity index (χ0n) is 12.9. The van der Waals surface area contributed by atoms with Crippen molar-refractivity contribution in [1.29, 1.82) is 0 Å². The van der Waals surface area contributed by atoms with Crippen LogP contribution in [0.25, 0.3) is 0 Å². The summed E-state index contributed by atoms with van der Waals surface area (Å²) in [7, 11) is 0. The lowest BCUT2D eigenvalue weighted by Crippen LogP contribution is -2.52. The Balaban J connectivity index is 2.13. The highest BCUT2D eigenvalue weighted by atomic mass is 19.4. The van der Waals surface area contributed by atoms with Crippen LogP contribution in [0.5, 0.6) is 0 Å². The average Bonchev–Trinajstić information content (AvgIpc) is 2.84. The molecule has 1 saturated heterocycles. The van der Waals surface area contributed by atoms with E-state index in [9.17, 15) is 18.0 Å². The molecule has 1 N–H and O–H groups in total. The highest BCUT2D eigenvalue weighted by Gasteiger charge is 2.56. The second-order valence-electron chi connectivity index (χ2n) is 5.87. The van der Waals surface area contributed by atoms with Crippen molar-refractivity contribution in [3.05, 3.63) is 71.3 Å². The third kappa shape index (κ3) is 3.14. The lowest BCUT2D eigenvalue weighted by atomic mass is 9.83. The molecule has 0 aliphatic carbocycles. The molecule has 126 valence electrons. The van der Waals surface area contributed by atoms with Crippen LogP contribution in [-0.2, 0) is 15.3 Å². The number of carbonyl (C=O) groups excluding carboxylic acids is 1. The number of ether oxygens (including phenoxy) is 1. The summed E-state index contributed by atoms with van der Waals surface area (Å²) in [5.74, 6) is -1.45. The minimum absolute atomic E-state index is 0.124. The van der Waals surface area contributed by atoms with Gasteiger partial charge in [0.2, 0.25) is 5.72 Å². The largest absolute Gasteiger partial charge is 0.460 e. The summed E-state index contributed by atoms with van der Waals surface area (Å²) in [5, 5.41) is 1.60. The van der Waals surface area contributed by atoms with Crippen LogP contribution in [0.15, 0.2) is 54.6 Å². The van der Waals surface area contributed by atoms with Gasteiger partial charge in [-0.3, -0.25) is 4.79 Å². The van der Waals surface area contributed by atoms with Crippen LogP contribution >= 0.6 is 0 Å². The fraction of sp³-hybridized carbons (Fsp3) is 0.278. The standard InChI is InChI=1S/C18H16F3NO2/c1-12-7-9-13(10-8-12)15-11-16(23)24-17(15,22-18(19,20)21)14-5-3-2-4-6-14/h2-10,15,22H,11H2,1H3/t15-,17-/m0/s1. The topological polar surface area (TPSA) is 38.3 Å². The lowest BCUT2D eigenvalue weighted by molar-refractivity contribution is -0.217. The van der Waals surface area contributed by atoms with Crippen molar-refractivity contribution in [3.8, 4) is 0 Å². The normalized spacial score (nSPS) is 24.0. The van der Waals surface area contributed by atoms with Crippen molar-refractivity contribution < 1.29 is 22.7 Å². The monoisotopic (exact) mass is 335 g/mol. The number of cyclic esters (lactones) is 1. The van der Waals surface area contributed by atoms with Crippen molar-refractivity contribution >= 4 is 5.97 Å². The summed E-state index contributed by atoms with van der Waals surface area (Å²) in [6.45, 7) is 1.89. The van der Waals surface area contributed by atoms with Crippen molar-refractivity contribution in [2.45, 2.75) is 31.3 Å². The highest BCUT2D eigenvalue weighted by Crippen LogP contribution is 2.47. The molecule has 2 aromatic carbocycles. The first-order valence-corrected chi connectivity index (χ1v) is 7.50. The third-order valence-corrected chi connectivity index (χ3v) is 4.15. The van der Waals surface area contributed by atoms with Gasteiger partial charge in [0.15, 0.2) is 0 Å². The number of esters is 1. The van der Waals surface area contributed by atoms with Crippen molar-refractivity contribution in [2.24, 2.45) is 0 Å². The first-order chi connectivity index (χ1) is 11.3. The molecule has 1 aliphatic rings. The Morgan fingerprint density at radius 2 is 1.71 bits per heavy atom. The van der Waals surface area contributed by atoms with Crippen LogP contribution in [-0.4, -0.2) is 12.3 Å². The number of rotatable bonds is 3. The molecule has 0 bridgehead atoms. The molecule has 1 aliphatic heterocycles. The van der Waals surface area contributed by atoms with Crippen LogP contribution in [0.1, 0.15) is 29.0 Å². The molecule has 0 radical (unpaired) electrons. The van der Waals surface area contributed by atoms with Crippen LogP contribution < -0.4 is 5.32 Å². The van der Waals surface area contributed by atoms with Gasteiger partial charge < -0.3 is 4.74 Å². The van der Waals surface area contributed by atoms with Gasteiger partial charge in [-0.25, -0.2) is 0 Å². The van der Waals surface area contributed by atoms with E-state index in [2.05, 4.69) is 0 Å². The van der Waals surface area contributed by atoms with Gasteiger partial charge in [0.05, 0.1) is 12.3 Å². The lowest BCUT2D eigenvalue weighted by Gasteiger charge is -2.35. The van der Waals surface area contributed by atoms with E-state index in [1.807, 2.05) is 19.1 Å². The summed E-state index contributed by atoms with van der Waals surface area (Å²) in [6.07, 6.45) is -4.83. The summed E-state index contributed by atoms with van der Waals surface area (Å²) in [6, 6.07) is 15.1. The second kappa shape index (κ2) is 5.94. The first-order valence-electron chi connectivity index (χ1n) is 7.50. The predicted octanol–water partition coefficient (Wildman–Crippen LogP) is 3.99. The van der Waals surface area contributed by atoms with Crippen LogP contribution in [0.3, 0.4) is 0 Å². The SMILES string of the molecule is Cc1ccc([C@@H]2CC(=O)O[C@@]2(NC(F)(F)F)c2ccccc2)cc1. The quantitative estimate of drug-likeness (QED) is 0.681. The number of halogens is 3. The van der Waals surface area contributed by atoms with Crippen LogP contribution in [0, 0.1) is 6.92 Å². The Hall–Kier alpha value is -2.34. The highest BCUT2D eigenvalue weighted by molar-refractivity contribution is 5.75. The number of nitrogens with one attached hydrogen (secondary N) is 1. The molecule has 24 heavy (non-hydrogen) atoms. The minimum Gasteiger partial charge on any atom is -0.439 e. The molecule has 0 unspecified atom stereocenters. The van der Waals surface area contributed by atoms with Gasteiger partial charge in [0, 0.05) is 5.56 Å². The van der Waals surface area contributed by atoms with E-state index in [0.29, 0.717) is 5.56 Å². The molecule has 2 atom stereocenters. The number of hydrogen-bond acceptors (Lipinski definition) is 3. The maximum atomic E-state index is 13.2. The van der Waals surface area contributed by atoms with Crippen molar-refractivity contribution in [2.75, 3.05) is 0 Å². The molecule has 2 aromatic rings. The molecule has 1 heterocycles. The van der Waals surface area contributed by atoms with Gasteiger partial charge in [-0.2, -0.15) is 18.5 Å². The number of hydrogen-bond donors (Lipinski definition) is 1. The molecular formula is C18H16F3NO2. The van der Waals surface area contributed by atoms with Gasteiger partial charge in [0.1, 0.15) is 0 Å². The van der Waals surface area contributed by atoms with Crippen molar-refractivity contribution in [1.82, 2.24) is 5.32 Å². The summed E-state index contributed by atoms with van der Waals surface area (Å²) < 4.78 is 44.9. The fourth-order valence-electron chi connectivity index (χ4n) is 3.10. The zero-order valence-corrected chi connectivity index (χ0v) is 12.9. The Labute approximate surface area is 137 Å². The van der Waals surface area contributed by atoms with E-state index in [-0.39, 0.29) is 12.0 Å². The molecule has 0 saturated carbocycles. The van der Waals surface area contributed by atoms with E-state index >= 15 is 0 Å². The van der Waals surface area contributed by atoms with Gasteiger partial charge in [-0.05, 0) is 12.5 Å². The number of aryl methyl sites for hydroxylation is 1. The smallest absolute Gasteiger partial charge is 0.439 e. The third-order valence-electron chi connectivity index (χ3n) is 4.15. The van der Waals surface area contributed by atoms with E-state index < -0.39 is 23.9 Å². The van der Waals surface area contributed by atoms with Crippen LogP contribution in [0.2, 0.25) is 0 Å². The average molecular weight is 335 g/mol. The summed E-state index contributed by atoms with van der Waals surface area (Å²) >= 11 is 0. The molecule has 1 fully saturated rings. The molecule has 3 rings (SSSR count). The molecule has 0 aromatic heterocycles. The van der Waals surface area contributed by atoms with E-state index in [0.717, 1.165) is 5.56 Å². The van der Waals surface area contributed by atoms with Gasteiger partial charge in [-0.15, -0.1) is 0 Å². The van der Waals surface area contributed by atoms with Gasteiger partial charge in [0.25, 0.3) is 0 Å². The number of alkyl halides is 3. The van der Waals surface area contributed by atoms with E-state index in [4.69, 9.17) is 4.74 Å².